The number of halogens is 6. The molecule has 4 aromatic heterocycles. The maximum Gasteiger partial charge on any atom is 0.418 e. The number of nitrogens with one attached hydrogen (secondary N) is 2. The van der Waals surface area contributed by atoms with Crippen molar-refractivity contribution < 1.29 is 31.1 Å². The van der Waals surface area contributed by atoms with Crippen molar-refractivity contribution >= 4 is 5.82 Å². The van der Waals surface area contributed by atoms with Gasteiger partial charge < -0.3 is 19.9 Å². The van der Waals surface area contributed by atoms with E-state index >= 15 is 0 Å². The normalized spacial score (nSPS) is 11.9. The highest BCUT2D eigenvalue weighted by Gasteiger charge is 2.35. The van der Waals surface area contributed by atoms with Crippen LogP contribution in [0.4, 0.5) is 32.2 Å². The Morgan fingerprint density at radius 3 is 2.45 bits per heavy atom. The van der Waals surface area contributed by atoms with Crippen LogP contribution in [0.1, 0.15) is 29.7 Å². The minimum absolute atomic E-state index is 0.0423. The first-order chi connectivity index (χ1) is 23.4. The molecular formula is C32H30F6N10O. The predicted molar refractivity (Wildman–Crippen MR) is 167 cm³/mol. The summed E-state index contributed by atoms with van der Waals surface area (Å²) in [6.07, 6.45) is -4.72. The van der Waals surface area contributed by atoms with Gasteiger partial charge in [0.1, 0.15) is 12.1 Å². The van der Waals surface area contributed by atoms with Crippen LogP contribution in [0.15, 0.2) is 61.2 Å². The molecule has 0 aliphatic heterocycles. The zero-order chi connectivity index (χ0) is 35.2. The van der Waals surface area contributed by atoms with Crippen LogP contribution in [0.5, 0.6) is 0 Å². The number of pyridine rings is 2. The summed E-state index contributed by atoms with van der Waals surface area (Å²) in [7, 11) is 3.18. The molecule has 11 nitrogen and oxygen atoms in total. The summed E-state index contributed by atoms with van der Waals surface area (Å²) < 4.78 is 91.8. The lowest BCUT2D eigenvalue weighted by molar-refractivity contribution is -0.138. The number of rotatable bonds is 13. The summed E-state index contributed by atoms with van der Waals surface area (Å²) in [5.41, 5.74) is -1.04. The van der Waals surface area contributed by atoms with Crippen molar-refractivity contribution in [3.05, 3.63) is 78.0 Å². The molecule has 0 bridgehead atoms. The number of ether oxygens (including phenoxy) is 1. The summed E-state index contributed by atoms with van der Waals surface area (Å²) >= 11 is 0. The van der Waals surface area contributed by atoms with Crippen molar-refractivity contribution in [2.75, 3.05) is 32.1 Å². The van der Waals surface area contributed by atoms with Gasteiger partial charge in [0.2, 0.25) is 0 Å². The number of nitriles is 1. The number of alkyl halides is 6. The Morgan fingerprint density at radius 1 is 0.939 bits per heavy atom. The molecule has 2 N–H and O–H groups in total. The standard InChI is InChI=1S/C32H30F6N10O/c1-47-19-42-46-30(47)24-7-5-22(31(33,34)35)15-25(24)20-13-27(41-10-4-3-9-39)45-28(14-20)48-18-21(16-43-48)29-26(32(36,37)38)8-6-23(44-29)17-40-11-12-49-2/h5-8,13-16,18-19,40H,3-4,10-12,17H2,1-2H3,(H,41,45). The first kappa shape index (κ1) is 35.0. The fourth-order valence-corrected chi connectivity index (χ4v) is 4.95. The average Bonchev–Trinajstić information content (AvgIpc) is 3.73. The fourth-order valence-electron chi connectivity index (χ4n) is 4.95. The van der Waals surface area contributed by atoms with E-state index in [4.69, 9.17) is 10.00 Å². The van der Waals surface area contributed by atoms with E-state index in [0.29, 0.717) is 43.2 Å². The maximum atomic E-state index is 14.1. The molecule has 17 heteroatoms. The number of benzene rings is 1. The van der Waals surface area contributed by atoms with E-state index in [1.165, 1.54) is 48.7 Å². The minimum atomic E-state index is -4.72. The number of nitrogens with zero attached hydrogens (tertiary/aromatic N) is 8. The predicted octanol–water partition coefficient (Wildman–Crippen LogP) is 6.28. The molecule has 49 heavy (non-hydrogen) atoms. The van der Waals surface area contributed by atoms with Crippen LogP contribution in [0, 0.1) is 11.3 Å². The molecular weight excluding hydrogens is 654 g/mol. The second-order valence-electron chi connectivity index (χ2n) is 10.9. The van der Waals surface area contributed by atoms with Crippen molar-refractivity contribution in [1.29, 1.82) is 5.26 Å². The molecule has 5 rings (SSSR count). The molecule has 0 unspecified atom stereocenters. The number of hydrogen-bond acceptors (Lipinski definition) is 9. The Kier molecular flexibility index (Phi) is 10.6. The van der Waals surface area contributed by atoms with Crippen molar-refractivity contribution in [3.63, 3.8) is 0 Å². The summed E-state index contributed by atoms with van der Waals surface area (Å²) in [4.78, 5) is 8.83. The number of aromatic nitrogens is 7. The third-order valence-electron chi connectivity index (χ3n) is 7.33. The quantitative estimate of drug-likeness (QED) is 0.109. The van der Waals surface area contributed by atoms with E-state index in [0.717, 1.165) is 18.2 Å². The van der Waals surface area contributed by atoms with Crippen LogP contribution < -0.4 is 10.6 Å². The Bertz CT molecular complexity index is 1940. The molecule has 1 aromatic carbocycles. The Balaban J connectivity index is 1.62. The summed E-state index contributed by atoms with van der Waals surface area (Å²) in [5, 5.41) is 27.3. The number of anilines is 1. The topological polar surface area (TPSA) is 131 Å². The first-order valence-electron chi connectivity index (χ1n) is 14.9. The Morgan fingerprint density at radius 2 is 1.76 bits per heavy atom. The molecule has 0 saturated heterocycles. The van der Waals surface area contributed by atoms with E-state index in [9.17, 15) is 26.3 Å². The lowest BCUT2D eigenvalue weighted by Gasteiger charge is -2.16. The van der Waals surface area contributed by atoms with Crippen LogP contribution >= 0.6 is 0 Å². The number of aryl methyl sites for hydroxylation is 1. The number of methoxy groups -OCH3 is 1. The second kappa shape index (κ2) is 14.8. The highest BCUT2D eigenvalue weighted by molar-refractivity contribution is 5.83. The summed E-state index contributed by atoms with van der Waals surface area (Å²) in [6, 6.07) is 10.5. The minimum Gasteiger partial charge on any atom is -0.383 e. The largest absolute Gasteiger partial charge is 0.418 e. The third-order valence-corrected chi connectivity index (χ3v) is 7.33. The first-order valence-corrected chi connectivity index (χ1v) is 14.9. The van der Waals surface area contributed by atoms with Gasteiger partial charge in [-0.2, -0.15) is 36.7 Å². The molecule has 0 atom stereocenters. The van der Waals surface area contributed by atoms with Crippen molar-refractivity contribution in [1.82, 2.24) is 39.8 Å². The molecule has 4 heterocycles. The van der Waals surface area contributed by atoms with Gasteiger partial charge in [-0.25, -0.2) is 9.67 Å². The van der Waals surface area contributed by atoms with Gasteiger partial charge in [-0.05, 0) is 60.0 Å². The van der Waals surface area contributed by atoms with Crippen LogP contribution in [-0.4, -0.2) is 61.3 Å². The SMILES string of the molecule is COCCNCc1ccc(C(F)(F)F)c(-c2cnn(-c3cc(-c4cc(C(F)(F)F)ccc4-c4nncn4C)cc(NCCCC#N)n3)c2)n1. The van der Waals surface area contributed by atoms with Crippen molar-refractivity contribution in [3.8, 4) is 45.7 Å². The molecule has 256 valence electrons. The van der Waals surface area contributed by atoms with E-state index < -0.39 is 23.5 Å². The summed E-state index contributed by atoms with van der Waals surface area (Å²) in [5.74, 6) is 0.634. The Labute approximate surface area is 276 Å². The van der Waals surface area contributed by atoms with E-state index in [1.807, 2.05) is 6.07 Å². The van der Waals surface area contributed by atoms with Gasteiger partial charge >= 0.3 is 12.4 Å². The van der Waals surface area contributed by atoms with Crippen LogP contribution in [0.3, 0.4) is 0 Å². The monoisotopic (exact) mass is 684 g/mol. The van der Waals surface area contributed by atoms with Crippen molar-refractivity contribution in [2.24, 2.45) is 7.05 Å². The molecule has 0 amide bonds. The van der Waals surface area contributed by atoms with Gasteiger partial charge in [0, 0.05) is 57.5 Å². The third kappa shape index (κ3) is 8.39. The fraction of sp³-hybridized carbons (Fsp3) is 0.312. The van der Waals surface area contributed by atoms with Crippen molar-refractivity contribution in [2.45, 2.75) is 31.7 Å². The van der Waals surface area contributed by atoms with E-state index in [1.54, 1.807) is 17.7 Å². The highest BCUT2D eigenvalue weighted by Crippen LogP contribution is 2.39. The zero-order valence-electron chi connectivity index (χ0n) is 26.3. The van der Waals surface area contributed by atoms with Gasteiger partial charge in [0.25, 0.3) is 0 Å². The second-order valence-corrected chi connectivity index (χ2v) is 10.9. The molecule has 0 fully saturated rings. The number of unbranched alkanes of at least 4 members (excludes halogenated alkanes) is 1. The molecule has 0 radical (unpaired) electrons. The van der Waals surface area contributed by atoms with Crippen LogP contribution in [0.25, 0.3) is 39.6 Å². The lowest BCUT2D eigenvalue weighted by atomic mass is 9.96. The summed E-state index contributed by atoms with van der Waals surface area (Å²) in [6.45, 7) is 1.38. The maximum absolute atomic E-state index is 14.1. The van der Waals surface area contributed by atoms with E-state index in [2.05, 4.69) is 35.9 Å². The van der Waals surface area contributed by atoms with Gasteiger partial charge in [-0.15, -0.1) is 10.2 Å². The van der Waals surface area contributed by atoms with Gasteiger partial charge in [-0.3, -0.25) is 4.98 Å². The van der Waals surface area contributed by atoms with Crippen LogP contribution in [-0.2, 0) is 30.7 Å². The van der Waals surface area contributed by atoms with E-state index in [-0.39, 0.29) is 47.0 Å². The zero-order valence-corrected chi connectivity index (χ0v) is 26.3. The van der Waals surface area contributed by atoms with Gasteiger partial charge in [0.15, 0.2) is 11.6 Å². The Hall–Kier alpha value is -5.34. The molecule has 0 saturated carbocycles. The van der Waals surface area contributed by atoms with Gasteiger partial charge in [-0.1, -0.05) is 0 Å². The number of hydrogen-bond donors (Lipinski definition) is 2. The lowest BCUT2D eigenvalue weighted by Crippen LogP contribution is -2.20. The molecule has 5 aromatic rings. The molecule has 0 aliphatic rings. The van der Waals surface area contributed by atoms with Gasteiger partial charge in [0.05, 0.1) is 41.4 Å². The van der Waals surface area contributed by atoms with Crippen LogP contribution in [0.2, 0.25) is 0 Å². The molecule has 0 aliphatic carbocycles. The highest BCUT2D eigenvalue weighted by atomic mass is 19.4. The smallest absolute Gasteiger partial charge is 0.383 e. The molecule has 0 spiro atoms. The average molecular weight is 685 g/mol.